The van der Waals surface area contributed by atoms with Crippen molar-refractivity contribution in [2.75, 3.05) is 19.6 Å². The number of benzene rings is 12. The van der Waals surface area contributed by atoms with Crippen molar-refractivity contribution >= 4 is 101 Å². The second-order valence-corrected chi connectivity index (χ2v) is 44.1. The van der Waals surface area contributed by atoms with Gasteiger partial charge in [-0.05, 0) is 400 Å². The predicted octanol–water partition coefficient (Wildman–Crippen LogP) is 32.8. The zero-order chi connectivity index (χ0) is 80.4. The highest BCUT2D eigenvalue weighted by Gasteiger charge is 2.56. The first kappa shape index (κ1) is 74.7. The van der Waals surface area contributed by atoms with Crippen molar-refractivity contribution < 1.29 is 0 Å². The quantitative estimate of drug-likeness (QED) is 0.0705. The second-order valence-electron chi connectivity index (χ2n) is 44.1. The summed E-state index contributed by atoms with van der Waals surface area (Å²) in [6.45, 7) is 19.4. The van der Waals surface area contributed by atoms with Crippen molar-refractivity contribution in [3.8, 4) is 0 Å². The molecule has 0 heterocycles. The molecule has 0 radical (unpaired) electrons. The van der Waals surface area contributed by atoms with Gasteiger partial charge in [-0.25, -0.2) is 0 Å². The van der Waals surface area contributed by atoms with Gasteiger partial charge in [0.15, 0.2) is 0 Å². The fraction of sp³-hybridized carbons (Fsp3) is 0.448. The molecule has 16 bridgehead atoms. The van der Waals surface area contributed by atoms with E-state index in [1.807, 2.05) is 0 Å². The minimum Gasteiger partial charge on any atom is -0.310 e. The summed E-state index contributed by atoms with van der Waals surface area (Å²) in [7, 11) is 0. The molecular weight excluding hydrogens is 1450 g/mol. The van der Waals surface area contributed by atoms with Crippen LogP contribution in [0.4, 0.5) is 68.2 Å². The van der Waals surface area contributed by atoms with Crippen molar-refractivity contribution in [2.45, 2.75) is 255 Å². The number of para-hydroxylation sites is 4. The summed E-state index contributed by atoms with van der Waals surface area (Å²) in [6, 6.07) is 95.4. The van der Waals surface area contributed by atoms with Crippen LogP contribution >= 0.6 is 0 Å². The maximum absolute atomic E-state index is 2.76. The Kier molecular flexibility index (Phi) is 17.6. The highest BCUT2D eigenvalue weighted by atomic mass is 15.2. The zero-order valence-corrected chi connectivity index (χ0v) is 72.9. The summed E-state index contributed by atoms with van der Waals surface area (Å²) in [5.74, 6) is 11.4. The van der Waals surface area contributed by atoms with Gasteiger partial charge in [0.2, 0.25) is 0 Å². The molecule has 16 aliphatic carbocycles. The van der Waals surface area contributed by atoms with E-state index >= 15 is 0 Å². The van der Waals surface area contributed by atoms with Gasteiger partial charge >= 0.3 is 0 Å². The van der Waals surface area contributed by atoms with E-state index in [2.05, 4.69) is 306 Å². The van der Waals surface area contributed by atoms with Gasteiger partial charge in [0.1, 0.15) is 0 Å². The van der Waals surface area contributed by atoms with E-state index in [9.17, 15) is 0 Å². The molecule has 0 spiro atoms. The van der Waals surface area contributed by atoms with Crippen molar-refractivity contribution in [3.05, 3.63) is 275 Å². The van der Waals surface area contributed by atoms with E-state index in [1.165, 1.54) is 277 Å². The van der Waals surface area contributed by atoms with E-state index in [-0.39, 0.29) is 45.3 Å². The first-order valence-corrected chi connectivity index (χ1v) is 48.2. The lowest BCUT2D eigenvalue weighted by molar-refractivity contribution is -0.00530. The Morgan fingerprint density at radius 2 is 0.367 bits per heavy atom. The van der Waals surface area contributed by atoms with Crippen LogP contribution in [0.15, 0.2) is 231 Å². The van der Waals surface area contributed by atoms with Crippen LogP contribution in [0.25, 0.3) is 32.3 Å². The third-order valence-electron chi connectivity index (χ3n) is 35.1. The van der Waals surface area contributed by atoms with Gasteiger partial charge in [0.25, 0.3) is 0 Å². The van der Waals surface area contributed by atoms with Gasteiger partial charge < -0.3 is 19.6 Å². The molecule has 16 saturated carbocycles. The molecule has 12 aromatic rings. The summed E-state index contributed by atoms with van der Waals surface area (Å²) in [6.07, 6.45) is 33.5. The van der Waals surface area contributed by atoms with Gasteiger partial charge in [-0.3, -0.25) is 0 Å². The molecule has 610 valence electrons. The van der Waals surface area contributed by atoms with Crippen molar-refractivity contribution in [1.29, 1.82) is 0 Å². The number of nitrogens with zero attached hydrogens (tertiary/aromatic N) is 4. The topological polar surface area (TPSA) is 13.0 Å². The molecular formula is C116H126N4. The lowest BCUT2D eigenvalue weighted by atomic mass is 9.48. The minimum absolute atomic E-state index is 0.254. The van der Waals surface area contributed by atoms with Crippen LogP contribution in [0, 0.1) is 71.0 Å². The molecule has 12 aromatic carbocycles. The average molecular weight is 1580 g/mol. The average Bonchev–Trinajstić information content (AvgIpc) is 0.695. The van der Waals surface area contributed by atoms with Crippen LogP contribution < -0.4 is 19.6 Å². The summed E-state index contributed by atoms with van der Waals surface area (Å²) in [5, 5.41) is 7.65. The van der Waals surface area contributed by atoms with Crippen LogP contribution in [0.1, 0.15) is 278 Å². The van der Waals surface area contributed by atoms with Crippen LogP contribution in [0.5, 0.6) is 0 Å². The van der Waals surface area contributed by atoms with Crippen molar-refractivity contribution in [3.63, 3.8) is 0 Å². The van der Waals surface area contributed by atoms with Gasteiger partial charge in [0.05, 0.1) is 22.7 Å². The molecule has 120 heavy (non-hydrogen) atoms. The fourth-order valence-electron chi connectivity index (χ4n) is 31.7. The molecule has 4 nitrogen and oxygen atoms in total. The molecule has 28 rings (SSSR count). The number of hydrogen-bond donors (Lipinski definition) is 0. The Morgan fingerprint density at radius 3 is 0.533 bits per heavy atom. The fourth-order valence-corrected chi connectivity index (χ4v) is 31.7. The zero-order valence-electron chi connectivity index (χ0n) is 72.9. The SMILES string of the molecule is CC(C)c1ccccc1N(c1ccc(C23CC4CC(CC(C4)C2)C3)cc1)c1cc(N(c2ccc(C34CC5CC(CC(C5)C3)C4)cc2)c2ccccc2C(C)C)c2ccc3c(N(c4ccc(C56CC7CC(CC(C7)C5)C6)cc4)c4ccccc4C(C)C)cc(N(c4ccc(C56CC7CC(CC(C7)C5)C6)cc4)c4ccccc4C(C)C)c4ccc1c2c43. The summed E-state index contributed by atoms with van der Waals surface area (Å²) in [5.41, 5.74) is 27.4. The van der Waals surface area contributed by atoms with Crippen LogP contribution in [-0.2, 0) is 21.7 Å². The molecule has 4 heteroatoms. The van der Waals surface area contributed by atoms with Crippen LogP contribution in [0.3, 0.4) is 0 Å². The van der Waals surface area contributed by atoms with E-state index in [0.717, 1.165) is 71.0 Å². The van der Waals surface area contributed by atoms with Gasteiger partial charge in [0, 0.05) is 77.8 Å². The molecule has 16 aliphatic rings. The number of rotatable bonds is 20. The monoisotopic (exact) mass is 1570 g/mol. The van der Waals surface area contributed by atoms with E-state index in [0.29, 0.717) is 0 Å². The second kappa shape index (κ2) is 28.2. The maximum atomic E-state index is 2.76. The highest BCUT2D eigenvalue weighted by molar-refractivity contribution is 6.33. The number of anilines is 12. The van der Waals surface area contributed by atoms with E-state index in [1.54, 1.807) is 22.3 Å². The largest absolute Gasteiger partial charge is 0.310 e. The highest BCUT2D eigenvalue weighted by Crippen LogP contribution is 2.67. The Balaban J connectivity index is 0.808. The predicted molar refractivity (Wildman–Crippen MR) is 505 cm³/mol. The summed E-state index contributed by atoms with van der Waals surface area (Å²) >= 11 is 0. The molecule has 0 atom stereocenters. The Hall–Kier alpha value is -9.12. The molecule has 0 saturated heterocycles. The van der Waals surface area contributed by atoms with Crippen LogP contribution in [-0.4, -0.2) is 0 Å². The Labute approximate surface area is 716 Å². The Morgan fingerprint density at radius 1 is 0.200 bits per heavy atom. The molecule has 0 aromatic heterocycles. The van der Waals surface area contributed by atoms with Gasteiger partial charge in [-0.2, -0.15) is 0 Å². The minimum atomic E-state index is 0.254. The van der Waals surface area contributed by atoms with Gasteiger partial charge in [-0.15, -0.1) is 0 Å². The maximum Gasteiger partial charge on any atom is 0.0561 e. The Bertz CT molecular complexity index is 5070. The standard InChI is InChI=1S/C116H126N4/c1-71(2)95-17-9-13-21-103(95)117(91-33-25-87(26-34-91)113-59-75-45-76(60-113)47-77(46-75)61-113)107-57-108(118(104-22-14-10-18-96(104)72(3)4)92-35-27-88(28-36-92)114-62-78-48-79(63-114)50-80(49-78)64-114)100-43-44-102-110(120(106-24-16-12-20-98(106)74(7)8)94-39-31-90(32-40-94)116-68-84-54-85(69-116)56-86(55-84)70-116)58-109(101-42-41-99(107)111(100)112(101)102)119(105-23-15-11-19-97(105)73(5)6)93-37-29-89(30-38-93)115-65-81-51-82(66-115)53-83(52-81)67-115/h9-44,57-58,71-86H,45-56,59-70H2,1-8H3. The molecule has 0 aliphatic heterocycles. The first-order valence-electron chi connectivity index (χ1n) is 48.2. The third kappa shape index (κ3) is 12.0. The summed E-state index contributed by atoms with van der Waals surface area (Å²) in [4.78, 5) is 11.0. The molecule has 0 N–H and O–H groups in total. The lowest BCUT2D eigenvalue weighted by Crippen LogP contribution is -2.48. The molecule has 0 amide bonds. The van der Waals surface area contributed by atoms with Crippen LogP contribution in [0.2, 0.25) is 0 Å². The normalized spacial score (nSPS) is 30.1. The van der Waals surface area contributed by atoms with Gasteiger partial charge in [-0.1, -0.05) is 201 Å². The first-order chi connectivity index (χ1) is 58.4. The lowest BCUT2D eigenvalue weighted by Gasteiger charge is -2.57. The summed E-state index contributed by atoms with van der Waals surface area (Å²) < 4.78 is 0. The molecule has 16 fully saturated rings. The number of hydrogen-bond acceptors (Lipinski definition) is 4. The van der Waals surface area contributed by atoms with E-state index in [4.69, 9.17) is 0 Å². The smallest absolute Gasteiger partial charge is 0.0561 e. The third-order valence-corrected chi connectivity index (χ3v) is 35.1. The molecule has 0 unspecified atom stereocenters. The van der Waals surface area contributed by atoms with Crippen molar-refractivity contribution in [1.82, 2.24) is 0 Å². The van der Waals surface area contributed by atoms with E-state index < -0.39 is 0 Å². The van der Waals surface area contributed by atoms with Crippen molar-refractivity contribution in [2.24, 2.45) is 71.0 Å².